The zero-order valence-electron chi connectivity index (χ0n) is 10.6. The van der Waals surface area contributed by atoms with E-state index >= 15 is 0 Å². The maximum atomic E-state index is 12.2. The van der Waals surface area contributed by atoms with Gasteiger partial charge in [0, 0.05) is 22.8 Å². The highest BCUT2D eigenvalue weighted by Crippen LogP contribution is 2.24. The molecule has 0 radical (unpaired) electrons. The summed E-state index contributed by atoms with van der Waals surface area (Å²) in [7, 11) is -3.55. The van der Waals surface area contributed by atoms with Gasteiger partial charge in [-0.15, -0.1) is 0 Å². The van der Waals surface area contributed by atoms with Crippen LogP contribution in [0.2, 0.25) is 0 Å². The summed E-state index contributed by atoms with van der Waals surface area (Å²) in [6.45, 7) is 2.52. The van der Waals surface area contributed by atoms with Crippen molar-refractivity contribution in [3.63, 3.8) is 0 Å². The molecule has 1 fully saturated rings. The summed E-state index contributed by atoms with van der Waals surface area (Å²) in [5.74, 6) is 0. The quantitative estimate of drug-likeness (QED) is 0.814. The number of benzene rings is 1. The van der Waals surface area contributed by atoms with E-state index in [9.17, 15) is 8.42 Å². The Kier molecular flexibility index (Phi) is 4.50. The first kappa shape index (κ1) is 14.8. The highest BCUT2D eigenvalue weighted by molar-refractivity contribution is 9.10. The molecular weight excluding hydrogens is 332 g/mol. The number of halogens is 1. The number of ether oxygens (including phenoxy) is 1. The van der Waals surface area contributed by atoms with E-state index in [1.54, 1.807) is 6.07 Å². The molecule has 106 valence electrons. The summed E-state index contributed by atoms with van der Waals surface area (Å²) in [6, 6.07) is 4.31. The summed E-state index contributed by atoms with van der Waals surface area (Å²) in [5, 5.41) is 0. The SMILES string of the molecule is CC(NS(=O)(=O)c1ccc(N)c(Br)c1)C1CCCO1. The van der Waals surface area contributed by atoms with Crippen molar-refractivity contribution in [2.24, 2.45) is 0 Å². The average Bonchev–Trinajstić information content (AvgIpc) is 2.85. The first-order chi connectivity index (χ1) is 8.90. The van der Waals surface area contributed by atoms with Crippen LogP contribution in [0.15, 0.2) is 27.6 Å². The maximum absolute atomic E-state index is 12.2. The summed E-state index contributed by atoms with van der Waals surface area (Å²) in [6.07, 6.45) is 1.81. The Hall–Kier alpha value is -0.630. The number of nitrogens with one attached hydrogen (secondary N) is 1. The number of nitrogen functional groups attached to an aromatic ring is 1. The fraction of sp³-hybridized carbons (Fsp3) is 0.500. The lowest BCUT2D eigenvalue weighted by Gasteiger charge is -2.20. The van der Waals surface area contributed by atoms with Gasteiger partial charge >= 0.3 is 0 Å². The van der Waals surface area contributed by atoms with Crippen molar-refractivity contribution < 1.29 is 13.2 Å². The molecule has 2 atom stereocenters. The molecule has 1 aromatic rings. The normalized spacial score (nSPS) is 21.5. The van der Waals surface area contributed by atoms with Crippen molar-refractivity contribution in [2.75, 3.05) is 12.3 Å². The van der Waals surface area contributed by atoms with Gasteiger partial charge in [-0.05, 0) is 53.9 Å². The Balaban J connectivity index is 2.15. The molecule has 1 heterocycles. The molecule has 2 unspecified atom stereocenters. The van der Waals surface area contributed by atoms with Gasteiger partial charge in [0.05, 0.1) is 11.0 Å². The van der Waals surface area contributed by atoms with Crippen LogP contribution in [0.1, 0.15) is 19.8 Å². The topological polar surface area (TPSA) is 81.4 Å². The fourth-order valence-electron chi connectivity index (χ4n) is 2.06. The number of nitrogens with two attached hydrogens (primary N) is 1. The highest BCUT2D eigenvalue weighted by atomic mass is 79.9. The molecule has 0 bridgehead atoms. The third-order valence-electron chi connectivity index (χ3n) is 3.15. The van der Waals surface area contributed by atoms with E-state index in [2.05, 4.69) is 20.7 Å². The lowest BCUT2D eigenvalue weighted by Crippen LogP contribution is -2.40. The predicted molar refractivity (Wildman–Crippen MR) is 77.3 cm³/mol. The van der Waals surface area contributed by atoms with Crippen molar-refractivity contribution in [1.29, 1.82) is 0 Å². The lowest BCUT2D eigenvalue weighted by molar-refractivity contribution is 0.0902. The minimum Gasteiger partial charge on any atom is -0.398 e. The summed E-state index contributed by atoms with van der Waals surface area (Å²) in [5.41, 5.74) is 6.16. The molecule has 3 N–H and O–H groups in total. The van der Waals surface area contributed by atoms with E-state index in [0.717, 1.165) is 12.8 Å². The van der Waals surface area contributed by atoms with Crippen molar-refractivity contribution in [1.82, 2.24) is 4.72 Å². The van der Waals surface area contributed by atoms with Crippen LogP contribution >= 0.6 is 15.9 Å². The van der Waals surface area contributed by atoms with E-state index in [4.69, 9.17) is 10.5 Å². The standard InChI is InChI=1S/C12H17BrN2O3S/c1-8(12-3-2-6-18-12)15-19(16,17)9-4-5-11(14)10(13)7-9/h4-5,7-8,12,15H,2-3,6,14H2,1H3. The minimum atomic E-state index is -3.55. The van der Waals surface area contributed by atoms with Crippen LogP contribution < -0.4 is 10.5 Å². The largest absolute Gasteiger partial charge is 0.398 e. The molecule has 1 aliphatic heterocycles. The van der Waals surface area contributed by atoms with Gasteiger partial charge in [-0.2, -0.15) is 0 Å². The monoisotopic (exact) mass is 348 g/mol. The van der Waals surface area contributed by atoms with Gasteiger partial charge in [-0.3, -0.25) is 0 Å². The van der Waals surface area contributed by atoms with Crippen molar-refractivity contribution in [2.45, 2.75) is 36.8 Å². The van der Waals surface area contributed by atoms with Gasteiger partial charge in [0.15, 0.2) is 0 Å². The molecular formula is C12H17BrN2O3S. The van der Waals surface area contributed by atoms with Crippen LogP contribution in [0.4, 0.5) is 5.69 Å². The molecule has 0 aliphatic carbocycles. The van der Waals surface area contributed by atoms with Gasteiger partial charge in [0.2, 0.25) is 10.0 Å². The highest BCUT2D eigenvalue weighted by Gasteiger charge is 2.27. The molecule has 1 saturated heterocycles. The van der Waals surface area contributed by atoms with Crippen molar-refractivity contribution >= 4 is 31.6 Å². The second kappa shape index (κ2) is 5.78. The van der Waals surface area contributed by atoms with Gasteiger partial charge in [-0.1, -0.05) is 0 Å². The molecule has 1 aromatic carbocycles. The van der Waals surface area contributed by atoms with Crippen LogP contribution in [0, 0.1) is 0 Å². The van der Waals surface area contributed by atoms with Crippen LogP contribution in [0.3, 0.4) is 0 Å². The number of anilines is 1. The number of hydrogen-bond donors (Lipinski definition) is 2. The zero-order chi connectivity index (χ0) is 14.0. The molecule has 0 saturated carbocycles. The van der Waals surface area contributed by atoms with Gasteiger partial charge in [-0.25, -0.2) is 13.1 Å². The van der Waals surface area contributed by atoms with Crippen LogP contribution in [0.25, 0.3) is 0 Å². The van der Waals surface area contributed by atoms with Gasteiger partial charge in [0.1, 0.15) is 0 Å². The molecule has 0 aromatic heterocycles. The van der Waals surface area contributed by atoms with Gasteiger partial charge in [0.25, 0.3) is 0 Å². The third kappa shape index (κ3) is 3.47. The second-order valence-corrected chi connectivity index (χ2v) is 7.21. The van der Waals surface area contributed by atoms with Crippen molar-refractivity contribution in [3.05, 3.63) is 22.7 Å². The predicted octanol–water partition coefficient (Wildman–Crippen LogP) is 1.88. The van der Waals surface area contributed by atoms with E-state index in [-0.39, 0.29) is 17.0 Å². The van der Waals surface area contributed by atoms with Crippen LogP contribution in [-0.4, -0.2) is 27.2 Å². The Morgan fingerprint density at radius 1 is 1.53 bits per heavy atom. The molecule has 19 heavy (non-hydrogen) atoms. The van der Waals surface area contributed by atoms with E-state index in [0.29, 0.717) is 16.8 Å². The first-order valence-corrected chi connectivity index (χ1v) is 8.37. The average molecular weight is 349 g/mol. The van der Waals surface area contributed by atoms with Crippen LogP contribution in [-0.2, 0) is 14.8 Å². The molecule has 1 aliphatic rings. The molecule has 5 nitrogen and oxygen atoms in total. The minimum absolute atomic E-state index is 0.0491. The molecule has 0 spiro atoms. The molecule has 2 rings (SSSR count). The number of hydrogen-bond acceptors (Lipinski definition) is 4. The fourth-order valence-corrected chi connectivity index (χ4v) is 3.89. The maximum Gasteiger partial charge on any atom is 0.240 e. The summed E-state index contributed by atoms with van der Waals surface area (Å²) < 4.78 is 33.2. The Labute approximate surface area is 121 Å². The van der Waals surface area contributed by atoms with Crippen molar-refractivity contribution in [3.8, 4) is 0 Å². The molecule has 0 amide bonds. The lowest BCUT2D eigenvalue weighted by atomic mass is 10.1. The summed E-state index contributed by atoms with van der Waals surface area (Å²) >= 11 is 3.23. The first-order valence-electron chi connectivity index (χ1n) is 6.09. The van der Waals surface area contributed by atoms with E-state index < -0.39 is 10.0 Å². The second-order valence-electron chi connectivity index (χ2n) is 4.64. The van der Waals surface area contributed by atoms with E-state index in [1.165, 1.54) is 12.1 Å². The number of rotatable bonds is 4. The Bertz CT molecular complexity index is 556. The van der Waals surface area contributed by atoms with E-state index in [1.807, 2.05) is 6.92 Å². The smallest absolute Gasteiger partial charge is 0.240 e. The molecule has 7 heteroatoms. The Morgan fingerprint density at radius 2 is 2.26 bits per heavy atom. The number of sulfonamides is 1. The zero-order valence-corrected chi connectivity index (χ0v) is 13.0. The van der Waals surface area contributed by atoms with Crippen LogP contribution in [0.5, 0.6) is 0 Å². The summed E-state index contributed by atoms with van der Waals surface area (Å²) in [4.78, 5) is 0.193. The third-order valence-corrected chi connectivity index (χ3v) is 5.39. The Morgan fingerprint density at radius 3 is 2.84 bits per heavy atom. The van der Waals surface area contributed by atoms with Gasteiger partial charge < -0.3 is 10.5 Å².